The Balaban J connectivity index is 1.76. The van der Waals surface area contributed by atoms with Crippen LogP contribution >= 0.6 is 34.7 Å². The highest BCUT2D eigenvalue weighted by Crippen LogP contribution is 2.35. The van der Waals surface area contributed by atoms with Crippen molar-refractivity contribution in [1.82, 2.24) is 9.97 Å². The van der Waals surface area contributed by atoms with Gasteiger partial charge in [0.15, 0.2) is 5.16 Å². The van der Waals surface area contributed by atoms with E-state index in [1.54, 1.807) is 11.3 Å². The van der Waals surface area contributed by atoms with Gasteiger partial charge in [0.05, 0.1) is 10.6 Å². The van der Waals surface area contributed by atoms with E-state index in [2.05, 4.69) is 15.3 Å². The molecule has 0 saturated heterocycles. The van der Waals surface area contributed by atoms with Crippen molar-refractivity contribution in [2.75, 3.05) is 5.32 Å². The summed E-state index contributed by atoms with van der Waals surface area (Å²) in [5, 5.41) is 4.44. The largest absolute Gasteiger partial charge is 0.325 e. The predicted octanol–water partition coefficient (Wildman–Crippen LogP) is 5.39. The minimum absolute atomic E-state index is 0.0905. The lowest BCUT2D eigenvalue weighted by molar-refractivity contribution is -0.115. The minimum Gasteiger partial charge on any atom is -0.325 e. The molecular weight excluding hydrogens is 374 g/mol. The number of aryl methyl sites for hydroxylation is 3. The van der Waals surface area contributed by atoms with Crippen molar-refractivity contribution in [3.05, 3.63) is 45.4 Å². The van der Waals surface area contributed by atoms with Gasteiger partial charge in [0.1, 0.15) is 9.98 Å². The molecule has 0 fully saturated rings. The predicted molar refractivity (Wildman–Crippen MR) is 107 cm³/mol. The molecule has 0 aliphatic carbocycles. The lowest BCUT2D eigenvalue weighted by atomic mass is 10.2. The smallest absolute Gasteiger partial charge is 0.237 e. The van der Waals surface area contributed by atoms with Gasteiger partial charge in [-0.15, -0.1) is 11.3 Å². The van der Waals surface area contributed by atoms with Gasteiger partial charge in [-0.25, -0.2) is 9.97 Å². The van der Waals surface area contributed by atoms with Gasteiger partial charge in [-0.2, -0.15) is 0 Å². The minimum atomic E-state index is -0.336. The van der Waals surface area contributed by atoms with Crippen molar-refractivity contribution >= 4 is 56.5 Å². The van der Waals surface area contributed by atoms with E-state index in [9.17, 15) is 4.79 Å². The molecule has 0 bridgehead atoms. The molecule has 1 aromatic carbocycles. The number of aromatic nitrogens is 2. The molecule has 4 nitrogen and oxygen atoms in total. The number of halogens is 1. The Labute approximate surface area is 160 Å². The van der Waals surface area contributed by atoms with Crippen molar-refractivity contribution in [1.29, 1.82) is 0 Å². The molecule has 0 aliphatic rings. The number of thioether (sulfide) groups is 1. The van der Waals surface area contributed by atoms with Crippen LogP contribution in [-0.4, -0.2) is 21.1 Å². The molecule has 2 heterocycles. The third kappa shape index (κ3) is 3.97. The van der Waals surface area contributed by atoms with Crippen LogP contribution in [0.25, 0.3) is 10.2 Å². The quantitative estimate of drug-likeness (QED) is 0.368. The van der Waals surface area contributed by atoms with Gasteiger partial charge in [0, 0.05) is 10.6 Å². The summed E-state index contributed by atoms with van der Waals surface area (Å²) in [6.07, 6.45) is 0. The number of fused-ring (bicyclic) bond motifs is 1. The third-order valence-electron chi connectivity index (χ3n) is 3.93. The fourth-order valence-corrected chi connectivity index (χ4v) is 4.60. The molecular formula is C18H18ClN3OS2. The first-order chi connectivity index (χ1) is 11.8. The molecule has 0 saturated carbocycles. The molecule has 1 amide bonds. The van der Waals surface area contributed by atoms with Crippen LogP contribution in [0.1, 0.15) is 22.9 Å². The highest BCUT2D eigenvalue weighted by Gasteiger charge is 2.19. The van der Waals surface area contributed by atoms with E-state index in [0.29, 0.717) is 10.3 Å². The summed E-state index contributed by atoms with van der Waals surface area (Å²) in [4.78, 5) is 23.4. The van der Waals surface area contributed by atoms with Crippen LogP contribution in [0, 0.1) is 20.8 Å². The van der Waals surface area contributed by atoms with Crippen molar-refractivity contribution in [2.24, 2.45) is 0 Å². The maximum Gasteiger partial charge on any atom is 0.237 e. The molecule has 130 valence electrons. The number of amides is 1. The van der Waals surface area contributed by atoms with Crippen LogP contribution in [0.15, 0.2) is 29.4 Å². The van der Waals surface area contributed by atoms with Gasteiger partial charge >= 0.3 is 0 Å². The van der Waals surface area contributed by atoms with Crippen LogP contribution in [0.3, 0.4) is 0 Å². The molecule has 1 atom stereocenters. The van der Waals surface area contributed by atoms with Gasteiger partial charge < -0.3 is 5.32 Å². The topological polar surface area (TPSA) is 54.9 Å². The van der Waals surface area contributed by atoms with E-state index in [4.69, 9.17) is 11.6 Å². The van der Waals surface area contributed by atoms with E-state index in [0.717, 1.165) is 27.0 Å². The Morgan fingerprint density at radius 3 is 2.56 bits per heavy atom. The second kappa shape index (κ2) is 7.32. The van der Waals surface area contributed by atoms with Crippen LogP contribution in [-0.2, 0) is 4.79 Å². The maximum absolute atomic E-state index is 12.4. The van der Waals surface area contributed by atoms with Gasteiger partial charge in [0.25, 0.3) is 0 Å². The van der Waals surface area contributed by atoms with Crippen LogP contribution < -0.4 is 5.32 Å². The second-order valence-corrected chi connectivity index (χ2v) is 8.74. The van der Waals surface area contributed by atoms with E-state index in [-0.39, 0.29) is 11.2 Å². The summed E-state index contributed by atoms with van der Waals surface area (Å²) in [5.41, 5.74) is 3.05. The average molecular weight is 392 g/mol. The fraction of sp³-hybridized carbons (Fsp3) is 0.278. The first kappa shape index (κ1) is 18.2. The Morgan fingerprint density at radius 2 is 1.88 bits per heavy atom. The van der Waals surface area contributed by atoms with Crippen molar-refractivity contribution < 1.29 is 4.79 Å². The molecule has 7 heteroatoms. The number of thiophene rings is 1. The Morgan fingerprint density at radius 1 is 1.20 bits per heavy atom. The molecule has 0 aliphatic heterocycles. The lowest BCUT2D eigenvalue weighted by Gasteiger charge is -2.11. The lowest BCUT2D eigenvalue weighted by Crippen LogP contribution is -2.22. The molecule has 2 aromatic heterocycles. The van der Waals surface area contributed by atoms with E-state index < -0.39 is 0 Å². The summed E-state index contributed by atoms with van der Waals surface area (Å²) < 4.78 is 0. The van der Waals surface area contributed by atoms with E-state index in [1.807, 2.05) is 52.0 Å². The number of carbonyl (C=O) groups excluding carboxylic acids is 1. The summed E-state index contributed by atoms with van der Waals surface area (Å²) in [6, 6.07) is 7.71. The Kier molecular flexibility index (Phi) is 5.32. The number of carbonyl (C=O) groups is 1. The zero-order valence-electron chi connectivity index (χ0n) is 14.4. The number of benzene rings is 1. The number of hydrogen-bond acceptors (Lipinski definition) is 5. The first-order valence-corrected chi connectivity index (χ1v) is 9.90. The standard InChI is InChI=1S/C18H18ClN3OS2/c1-9-5-7-13(8-6-9)20-16(23)12(4)25-18-21-15(19)14-10(2)11(3)24-17(14)22-18/h5-8,12H,1-4H3,(H,20,23). The summed E-state index contributed by atoms with van der Waals surface area (Å²) >= 11 is 9.23. The van der Waals surface area contributed by atoms with Crippen LogP contribution in [0.5, 0.6) is 0 Å². The van der Waals surface area contributed by atoms with Gasteiger partial charge in [-0.1, -0.05) is 41.1 Å². The highest BCUT2D eigenvalue weighted by molar-refractivity contribution is 8.00. The van der Waals surface area contributed by atoms with Gasteiger partial charge in [-0.05, 0) is 45.4 Å². The number of anilines is 1. The molecule has 3 rings (SSSR count). The Bertz CT molecular complexity index is 938. The summed E-state index contributed by atoms with van der Waals surface area (Å²) in [5.74, 6) is -0.0905. The van der Waals surface area contributed by atoms with Crippen LogP contribution in [0.4, 0.5) is 5.69 Å². The number of rotatable bonds is 4. The first-order valence-electron chi connectivity index (χ1n) is 7.82. The number of nitrogens with one attached hydrogen (secondary N) is 1. The molecule has 3 aromatic rings. The van der Waals surface area contributed by atoms with Crippen molar-refractivity contribution in [3.8, 4) is 0 Å². The number of nitrogens with zero attached hydrogens (tertiary/aromatic N) is 2. The highest BCUT2D eigenvalue weighted by atomic mass is 35.5. The van der Waals surface area contributed by atoms with Crippen molar-refractivity contribution in [3.63, 3.8) is 0 Å². The maximum atomic E-state index is 12.4. The third-order valence-corrected chi connectivity index (χ3v) is 6.27. The number of hydrogen-bond donors (Lipinski definition) is 1. The van der Waals surface area contributed by atoms with Crippen molar-refractivity contribution in [2.45, 2.75) is 38.1 Å². The second-order valence-electron chi connectivity index (χ2n) is 5.88. The van der Waals surface area contributed by atoms with E-state index in [1.165, 1.54) is 16.6 Å². The van der Waals surface area contributed by atoms with Gasteiger partial charge in [0.2, 0.25) is 5.91 Å². The molecule has 0 spiro atoms. The molecule has 0 radical (unpaired) electrons. The molecule has 1 N–H and O–H groups in total. The fourth-order valence-electron chi connectivity index (χ4n) is 2.33. The Hall–Kier alpha value is -1.63. The zero-order chi connectivity index (χ0) is 18.1. The van der Waals surface area contributed by atoms with Crippen LogP contribution in [0.2, 0.25) is 5.15 Å². The SMILES string of the molecule is Cc1ccc(NC(=O)C(C)Sc2nc(Cl)c3c(C)c(C)sc3n2)cc1. The summed E-state index contributed by atoms with van der Waals surface area (Å²) in [6.45, 7) is 7.91. The molecule has 1 unspecified atom stereocenters. The van der Waals surface area contributed by atoms with E-state index >= 15 is 0 Å². The monoisotopic (exact) mass is 391 g/mol. The average Bonchev–Trinajstić information content (AvgIpc) is 2.84. The van der Waals surface area contributed by atoms with Gasteiger partial charge in [-0.3, -0.25) is 4.79 Å². The molecule has 25 heavy (non-hydrogen) atoms. The zero-order valence-corrected chi connectivity index (χ0v) is 16.8. The summed E-state index contributed by atoms with van der Waals surface area (Å²) in [7, 11) is 0. The normalized spacial score (nSPS) is 12.4.